The second-order valence-electron chi connectivity index (χ2n) is 8.16. The number of nitrogens with one attached hydrogen (secondary N) is 2. The molecule has 0 unspecified atom stereocenters. The Morgan fingerprint density at radius 2 is 1.95 bits per heavy atom. The SMILES string of the molecule is COCCNc1cc(Nc2nccn2-c2ccc(-c3cnn(C)c3)c(C3OC=CO3)n2)ncc1C(F)(F)F. The summed E-state index contributed by atoms with van der Waals surface area (Å²) in [5, 5.41) is 9.94. The summed E-state index contributed by atoms with van der Waals surface area (Å²) in [6, 6.07) is 4.91. The number of methoxy groups -OCH3 is 1. The topological polar surface area (TPSA) is 113 Å². The van der Waals surface area contributed by atoms with E-state index in [0.717, 1.165) is 17.3 Å². The van der Waals surface area contributed by atoms with Crippen molar-refractivity contribution >= 4 is 17.5 Å². The van der Waals surface area contributed by atoms with Crippen molar-refractivity contribution in [2.75, 3.05) is 30.9 Å². The summed E-state index contributed by atoms with van der Waals surface area (Å²) in [5.74, 6) is 0.917. The maximum absolute atomic E-state index is 13.5. The molecule has 0 fully saturated rings. The first-order valence-electron chi connectivity index (χ1n) is 11.4. The molecule has 4 aromatic heterocycles. The molecular formula is C24H23F3N8O3. The van der Waals surface area contributed by atoms with E-state index >= 15 is 0 Å². The Kier molecular flexibility index (Phi) is 6.87. The lowest BCUT2D eigenvalue weighted by Gasteiger charge is -2.17. The van der Waals surface area contributed by atoms with Crippen LogP contribution in [0.2, 0.25) is 0 Å². The van der Waals surface area contributed by atoms with E-state index in [9.17, 15) is 13.2 Å². The number of pyridine rings is 2. The number of aromatic nitrogens is 6. The Hall–Kier alpha value is -4.59. The first-order chi connectivity index (χ1) is 18.3. The number of aryl methyl sites for hydroxylation is 1. The molecule has 198 valence electrons. The molecule has 5 rings (SSSR count). The van der Waals surface area contributed by atoms with Gasteiger partial charge in [0.25, 0.3) is 6.29 Å². The third-order valence-corrected chi connectivity index (χ3v) is 5.57. The highest BCUT2D eigenvalue weighted by molar-refractivity contribution is 5.66. The number of hydrogen-bond donors (Lipinski definition) is 2. The molecule has 38 heavy (non-hydrogen) atoms. The van der Waals surface area contributed by atoms with Gasteiger partial charge in [-0.1, -0.05) is 0 Å². The van der Waals surface area contributed by atoms with Crippen molar-refractivity contribution in [2.24, 2.45) is 7.05 Å². The van der Waals surface area contributed by atoms with Gasteiger partial charge in [0.15, 0.2) is 0 Å². The summed E-state index contributed by atoms with van der Waals surface area (Å²) in [5.41, 5.74) is 1.09. The summed E-state index contributed by atoms with van der Waals surface area (Å²) in [6.45, 7) is 0.424. The van der Waals surface area contributed by atoms with Gasteiger partial charge in [-0.05, 0) is 12.1 Å². The number of imidazole rings is 1. The smallest absolute Gasteiger partial charge is 0.419 e. The van der Waals surface area contributed by atoms with Gasteiger partial charge >= 0.3 is 6.18 Å². The fourth-order valence-corrected chi connectivity index (χ4v) is 3.83. The number of ether oxygens (including phenoxy) is 3. The molecule has 1 aliphatic rings. The number of rotatable bonds is 9. The molecule has 2 N–H and O–H groups in total. The summed E-state index contributed by atoms with van der Waals surface area (Å²) in [6.07, 6.45) is 5.06. The first kappa shape index (κ1) is 25.1. The maximum atomic E-state index is 13.5. The Morgan fingerprint density at radius 1 is 1.13 bits per heavy atom. The zero-order valence-corrected chi connectivity index (χ0v) is 20.3. The summed E-state index contributed by atoms with van der Waals surface area (Å²) in [7, 11) is 3.28. The lowest BCUT2D eigenvalue weighted by atomic mass is 10.1. The van der Waals surface area contributed by atoms with Crippen molar-refractivity contribution in [1.82, 2.24) is 29.3 Å². The number of anilines is 3. The molecule has 14 heteroatoms. The molecule has 5 heterocycles. The van der Waals surface area contributed by atoms with Gasteiger partial charge in [-0.2, -0.15) is 18.3 Å². The Bertz CT molecular complexity index is 1440. The molecular weight excluding hydrogens is 505 g/mol. The number of hydrogen-bond acceptors (Lipinski definition) is 9. The predicted molar refractivity (Wildman–Crippen MR) is 130 cm³/mol. The second-order valence-corrected chi connectivity index (χ2v) is 8.16. The number of halogens is 3. The van der Waals surface area contributed by atoms with Gasteiger partial charge in [0, 0.05) is 62.7 Å². The molecule has 4 aromatic rings. The van der Waals surface area contributed by atoms with Crippen LogP contribution in [0.3, 0.4) is 0 Å². The lowest BCUT2D eigenvalue weighted by Crippen LogP contribution is -2.15. The highest BCUT2D eigenvalue weighted by Crippen LogP contribution is 2.36. The number of alkyl halides is 3. The minimum atomic E-state index is -4.57. The van der Waals surface area contributed by atoms with Crippen LogP contribution >= 0.6 is 0 Å². The van der Waals surface area contributed by atoms with Crippen molar-refractivity contribution in [2.45, 2.75) is 12.5 Å². The van der Waals surface area contributed by atoms with Crippen molar-refractivity contribution in [3.05, 3.63) is 73.0 Å². The van der Waals surface area contributed by atoms with E-state index in [2.05, 4.69) is 25.7 Å². The van der Waals surface area contributed by atoms with Gasteiger partial charge < -0.3 is 24.8 Å². The Labute approximate surface area is 214 Å². The minimum Gasteiger partial charge on any atom is -0.454 e. The van der Waals surface area contributed by atoms with Crippen molar-refractivity contribution < 1.29 is 27.4 Å². The summed E-state index contributed by atoms with van der Waals surface area (Å²) >= 11 is 0. The average molecular weight is 528 g/mol. The van der Waals surface area contributed by atoms with E-state index in [1.165, 1.54) is 31.9 Å². The molecule has 1 aliphatic heterocycles. The van der Waals surface area contributed by atoms with Crippen LogP contribution in [0, 0.1) is 0 Å². The molecule has 0 radical (unpaired) electrons. The average Bonchev–Trinajstić information content (AvgIpc) is 3.66. The maximum Gasteiger partial charge on any atom is 0.419 e. The zero-order chi connectivity index (χ0) is 26.7. The van der Waals surface area contributed by atoms with E-state index in [0.29, 0.717) is 17.5 Å². The van der Waals surface area contributed by atoms with Crippen LogP contribution in [0.15, 0.2) is 61.7 Å². The quantitative estimate of drug-likeness (QED) is 0.305. The molecule has 0 spiro atoms. The highest BCUT2D eigenvalue weighted by atomic mass is 19.4. The Balaban J connectivity index is 1.47. The summed E-state index contributed by atoms with van der Waals surface area (Å²) < 4.78 is 59.8. The standard InChI is InChI=1S/C24H23F3N8O3/c1-34-14-15(12-31-34)16-3-4-20(33-21(16)22-37-9-10-38-22)35-7-5-29-23(35)32-19-11-18(28-6-8-36-2)17(13-30-19)24(25,26)27/h3-5,7,9-14,22H,6,8H2,1-2H3,(H2,28,29,30,32). The zero-order valence-electron chi connectivity index (χ0n) is 20.3. The van der Waals surface area contributed by atoms with Crippen molar-refractivity contribution in [3.63, 3.8) is 0 Å². The molecule has 0 atom stereocenters. The van der Waals surface area contributed by atoms with Crippen LogP contribution in [0.5, 0.6) is 0 Å². The van der Waals surface area contributed by atoms with Crippen LogP contribution in [0.4, 0.5) is 30.6 Å². The van der Waals surface area contributed by atoms with E-state index in [1.54, 1.807) is 27.7 Å². The van der Waals surface area contributed by atoms with Gasteiger partial charge in [-0.3, -0.25) is 9.25 Å². The Morgan fingerprint density at radius 3 is 2.66 bits per heavy atom. The fourth-order valence-electron chi connectivity index (χ4n) is 3.83. The van der Waals surface area contributed by atoms with Gasteiger partial charge in [-0.25, -0.2) is 15.0 Å². The van der Waals surface area contributed by atoms with Crippen molar-refractivity contribution in [3.8, 4) is 16.9 Å². The van der Waals surface area contributed by atoms with Crippen LogP contribution in [-0.4, -0.2) is 49.6 Å². The van der Waals surface area contributed by atoms with Crippen molar-refractivity contribution in [1.29, 1.82) is 0 Å². The normalized spacial score (nSPS) is 13.4. The van der Waals surface area contributed by atoms with Gasteiger partial charge in [0.1, 0.15) is 29.9 Å². The fraction of sp³-hybridized carbons (Fsp3) is 0.250. The highest BCUT2D eigenvalue weighted by Gasteiger charge is 2.34. The van der Waals surface area contributed by atoms with E-state index in [-0.39, 0.29) is 24.7 Å². The molecule has 0 saturated heterocycles. The van der Waals surface area contributed by atoms with Crippen LogP contribution in [-0.2, 0) is 27.4 Å². The number of nitrogens with zero attached hydrogens (tertiary/aromatic N) is 6. The molecule has 0 aromatic carbocycles. The predicted octanol–water partition coefficient (Wildman–Crippen LogP) is 4.40. The monoisotopic (exact) mass is 528 g/mol. The van der Waals surface area contributed by atoms with Crippen LogP contribution in [0.1, 0.15) is 17.5 Å². The van der Waals surface area contributed by atoms with E-state index in [4.69, 9.17) is 19.2 Å². The molecule has 11 nitrogen and oxygen atoms in total. The first-order valence-corrected chi connectivity index (χ1v) is 11.4. The lowest BCUT2D eigenvalue weighted by molar-refractivity contribution is -0.137. The van der Waals surface area contributed by atoms with E-state index in [1.807, 2.05) is 19.3 Å². The van der Waals surface area contributed by atoms with Gasteiger partial charge in [0.2, 0.25) is 5.95 Å². The molecule has 0 aliphatic carbocycles. The minimum absolute atomic E-state index is 0.130. The van der Waals surface area contributed by atoms with E-state index < -0.39 is 18.0 Å². The largest absolute Gasteiger partial charge is 0.454 e. The van der Waals surface area contributed by atoms with Crippen LogP contribution < -0.4 is 10.6 Å². The molecule has 0 amide bonds. The van der Waals surface area contributed by atoms with Crippen LogP contribution in [0.25, 0.3) is 16.9 Å². The molecule has 0 bridgehead atoms. The summed E-state index contributed by atoms with van der Waals surface area (Å²) in [4.78, 5) is 13.0. The third-order valence-electron chi connectivity index (χ3n) is 5.57. The molecule has 0 saturated carbocycles. The van der Waals surface area contributed by atoms with Gasteiger partial charge in [-0.15, -0.1) is 0 Å². The second kappa shape index (κ2) is 10.4. The third kappa shape index (κ3) is 5.25. The van der Waals surface area contributed by atoms with Gasteiger partial charge in [0.05, 0.1) is 24.1 Å².